The van der Waals surface area contributed by atoms with E-state index in [1.165, 1.54) is 5.56 Å². The highest BCUT2D eigenvalue weighted by molar-refractivity contribution is 5.94. The summed E-state index contributed by atoms with van der Waals surface area (Å²) < 4.78 is 7.70. The Morgan fingerprint density at radius 1 is 0.900 bits per heavy atom. The van der Waals surface area contributed by atoms with Crippen LogP contribution in [-0.2, 0) is 6.54 Å². The summed E-state index contributed by atoms with van der Waals surface area (Å²) >= 11 is 0. The number of rotatable bonds is 5. The van der Waals surface area contributed by atoms with Crippen molar-refractivity contribution >= 4 is 27.6 Å². The first-order valence-electron chi connectivity index (χ1n) is 9.94. The number of hydrogen-bond donors (Lipinski definition) is 1. The topological polar surface area (TPSA) is 52.0 Å². The van der Waals surface area contributed by atoms with Crippen molar-refractivity contribution in [3.05, 3.63) is 90.1 Å². The lowest BCUT2D eigenvalue weighted by Gasteiger charge is -2.14. The third kappa shape index (κ3) is 3.14. The Morgan fingerprint density at radius 2 is 1.70 bits per heavy atom. The van der Waals surface area contributed by atoms with Crippen molar-refractivity contribution in [1.82, 2.24) is 14.5 Å². The molecule has 0 spiro atoms. The number of nitrogens with zero attached hydrogens (tertiary/aromatic N) is 3. The van der Waals surface area contributed by atoms with Gasteiger partial charge in [-0.15, -0.1) is 0 Å². The zero-order valence-electron chi connectivity index (χ0n) is 17.0. The van der Waals surface area contributed by atoms with Gasteiger partial charge in [-0.1, -0.05) is 54.6 Å². The van der Waals surface area contributed by atoms with Crippen molar-refractivity contribution in [2.75, 3.05) is 12.4 Å². The van der Waals surface area contributed by atoms with E-state index >= 15 is 0 Å². The maximum atomic E-state index is 5.61. The van der Waals surface area contributed by atoms with E-state index in [1.54, 1.807) is 7.11 Å². The molecular weight excluding hydrogens is 372 g/mol. The van der Waals surface area contributed by atoms with E-state index in [0.717, 1.165) is 39.1 Å². The minimum absolute atomic E-state index is 0.626. The molecule has 2 heterocycles. The Hall–Kier alpha value is -3.86. The quantitative estimate of drug-likeness (QED) is 0.427. The van der Waals surface area contributed by atoms with E-state index in [9.17, 15) is 0 Å². The molecule has 0 saturated carbocycles. The molecule has 0 aliphatic rings. The maximum absolute atomic E-state index is 5.61. The van der Waals surface area contributed by atoms with E-state index in [-0.39, 0.29) is 0 Å². The van der Waals surface area contributed by atoms with Crippen LogP contribution in [0.1, 0.15) is 11.3 Å². The normalized spacial score (nSPS) is 11.1. The Bertz CT molecular complexity index is 1340. The smallest absolute Gasteiger partial charge is 0.237 e. The molecule has 0 atom stereocenters. The van der Waals surface area contributed by atoms with Gasteiger partial charge in [-0.05, 0) is 36.8 Å². The molecule has 0 unspecified atom stereocenters. The highest BCUT2D eigenvalue weighted by Gasteiger charge is 2.15. The van der Waals surface area contributed by atoms with Crippen LogP contribution in [0.2, 0.25) is 0 Å². The molecule has 148 valence electrons. The maximum Gasteiger partial charge on any atom is 0.237 e. The summed E-state index contributed by atoms with van der Waals surface area (Å²) in [5.74, 6) is 2.14. The van der Waals surface area contributed by atoms with Crippen LogP contribution in [0.15, 0.2) is 78.9 Å². The Labute approximate surface area is 175 Å². The first-order chi connectivity index (χ1) is 14.7. The summed E-state index contributed by atoms with van der Waals surface area (Å²) in [6.07, 6.45) is 0. The number of nitrogens with one attached hydrogen (secondary N) is 1. The van der Waals surface area contributed by atoms with Gasteiger partial charge in [-0.3, -0.25) is 4.57 Å². The zero-order chi connectivity index (χ0) is 20.5. The predicted molar refractivity (Wildman–Crippen MR) is 121 cm³/mol. The van der Waals surface area contributed by atoms with Crippen molar-refractivity contribution < 1.29 is 4.74 Å². The first kappa shape index (κ1) is 18.2. The van der Waals surface area contributed by atoms with Gasteiger partial charge in [0.15, 0.2) is 0 Å². The van der Waals surface area contributed by atoms with Crippen LogP contribution >= 0.6 is 0 Å². The second kappa shape index (κ2) is 7.52. The fraction of sp³-hybridized carbons (Fsp3) is 0.120. The van der Waals surface area contributed by atoms with Gasteiger partial charge in [-0.2, -0.15) is 4.98 Å². The molecule has 0 saturated heterocycles. The molecule has 1 N–H and O–H groups in total. The first-order valence-corrected chi connectivity index (χ1v) is 9.94. The van der Waals surface area contributed by atoms with E-state index in [0.29, 0.717) is 12.5 Å². The highest BCUT2D eigenvalue weighted by atomic mass is 16.5. The van der Waals surface area contributed by atoms with E-state index in [1.807, 2.05) is 48.5 Å². The molecule has 5 aromatic rings. The van der Waals surface area contributed by atoms with Crippen LogP contribution in [0.3, 0.4) is 0 Å². The standard InChI is InChI=1S/C25H22N4O/c1-17-15-19-11-6-7-13-21(19)29(17)25-27-23-20(12-8-14-22(23)30-2)24(28-25)26-16-18-9-4-3-5-10-18/h3-15H,16H2,1-2H3,(H,26,27,28). The molecule has 5 nitrogen and oxygen atoms in total. The minimum atomic E-state index is 0.626. The molecule has 3 aromatic carbocycles. The molecule has 5 rings (SSSR count). The van der Waals surface area contributed by atoms with Crippen LogP contribution in [0.5, 0.6) is 5.75 Å². The van der Waals surface area contributed by atoms with Gasteiger partial charge in [0, 0.05) is 23.0 Å². The summed E-state index contributed by atoms with van der Waals surface area (Å²) in [5, 5.41) is 5.60. The number of fused-ring (bicyclic) bond motifs is 2. The predicted octanol–water partition coefficient (Wildman–Crippen LogP) is 5.50. The van der Waals surface area contributed by atoms with E-state index in [4.69, 9.17) is 14.7 Å². The van der Waals surface area contributed by atoms with Crippen molar-refractivity contribution in [3.63, 3.8) is 0 Å². The van der Waals surface area contributed by atoms with Crippen molar-refractivity contribution in [1.29, 1.82) is 0 Å². The Balaban J connectivity index is 1.70. The lowest BCUT2D eigenvalue weighted by Crippen LogP contribution is -2.09. The average Bonchev–Trinajstić information content (AvgIpc) is 3.13. The van der Waals surface area contributed by atoms with Crippen LogP contribution in [0.4, 0.5) is 5.82 Å². The lowest BCUT2D eigenvalue weighted by molar-refractivity contribution is 0.419. The Morgan fingerprint density at radius 3 is 2.53 bits per heavy atom. The van der Waals surface area contributed by atoms with Gasteiger partial charge in [-0.25, -0.2) is 4.98 Å². The van der Waals surface area contributed by atoms with Gasteiger partial charge < -0.3 is 10.1 Å². The van der Waals surface area contributed by atoms with Crippen molar-refractivity contribution in [2.24, 2.45) is 0 Å². The number of aryl methyl sites for hydroxylation is 1. The number of hydrogen-bond acceptors (Lipinski definition) is 4. The second-order valence-corrected chi connectivity index (χ2v) is 7.25. The summed E-state index contributed by atoms with van der Waals surface area (Å²) in [5.41, 5.74) is 4.15. The molecule has 0 amide bonds. The monoisotopic (exact) mass is 394 g/mol. The fourth-order valence-corrected chi connectivity index (χ4v) is 3.85. The molecule has 0 aliphatic heterocycles. The Kier molecular flexibility index (Phi) is 4.56. The van der Waals surface area contributed by atoms with Crippen molar-refractivity contribution in [2.45, 2.75) is 13.5 Å². The minimum Gasteiger partial charge on any atom is -0.494 e. The lowest BCUT2D eigenvalue weighted by atomic mass is 10.2. The van der Waals surface area contributed by atoms with Crippen LogP contribution in [-0.4, -0.2) is 21.6 Å². The number of aromatic nitrogens is 3. The molecule has 2 aromatic heterocycles. The number of para-hydroxylation sites is 2. The van der Waals surface area contributed by atoms with E-state index in [2.05, 4.69) is 47.1 Å². The molecule has 0 fully saturated rings. The second-order valence-electron chi connectivity index (χ2n) is 7.25. The van der Waals surface area contributed by atoms with E-state index < -0.39 is 0 Å². The number of benzene rings is 3. The number of ether oxygens (including phenoxy) is 1. The highest BCUT2D eigenvalue weighted by Crippen LogP contribution is 2.31. The van der Waals surface area contributed by atoms with Gasteiger partial charge in [0.2, 0.25) is 5.95 Å². The van der Waals surface area contributed by atoms with Gasteiger partial charge in [0.05, 0.1) is 12.6 Å². The third-order valence-electron chi connectivity index (χ3n) is 5.30. The average molecular weight is 394 g/mol. The van der Waals surface area contributed by atoms with Crippen LogP contribution in [0.25, 0.3) is 27.8 Å². The summed E-state index contributed by atoms with van der Waals surface area (Å²) in [4.78, 5) is 9.83. The molecule has 30 heavy (non-hydrogen) atoms. The van der Waals surface area contributed by atoms with Gasteiger partial charge in [0.1, 0.15) is 17.1 Å². The fourth-order valence-electron chi connectivity index (χ4n) is 3.85. The number of anilines is 1. The van der Waals surface area contributed by atoms with Crippen molar-refractivity contribution in [3.8, 4) is 11.7 Å². The molecular formula is C25H22N4O. The summed E-state index contributed by atoms with van der Waals surface area (Å²) in [7, 11) is 1.67. The van der Waals surface area contributed by atoms with Gasteiger partial charge >= 0.3 is 0 Å². The molecule has 0 aliphatic carbocycles. The van der Waals surface area contributed by atoms with Gasteiger partial charge in [0.25, 0.3) is 0 Å². The summed E-state index contributed by atoms with van der Waals surface area (Å²) in [6.45, 7) is 2.75. The zero-order valence-corrected chi connectivity index (χ0v) is 17.0. The third-order valence-corrected chi connectivity index (χ3v) is 5.30. The summed E-state index contributed by atoms with van der Waals surface area (Å²) in [6, 6.07) is 26.7. The molecule has 0 radical (unpaired) electrons. The molecule has 5 heteroatoms. The van der Waals surface area contributed by atoms with Crippen LogP contribution < -0.4 is 10.1 Å². The molecule has 0 bridgehead atoms. The van der Waals surface area contributed by atoms with Crippen LogP contribution in [0, 0.1) is 6.92 Å². The largest absolute Gasteiger partial charge is 0.494 e. The number of methoxy groups -OCH3 is 1. The SMILES string of the molecule is COc1cccc2c(NCc3ccccc3)nc(-n3c(C)cc4ccccc43)nc12.